The fraction of sp³-hybridized carbons (Fsp3) is 0.241. The summed E-state index contributed by atoms with van der Waals surface area (Å²) in [5.41, 5.74) is 4.37. The van der Waals surface area contributed by atoms with Crippen LogP contribution >= 0.6 is 0 Å². The minimum Gasteiger partial charge on any atom is -0.497 e. The minimum absolute atomic E-state index is 0.0696. The van der Waals surface area contributed by atoms with E-state index in [1.54, 1.807) is 25.1 Å². The maximum Gasteiger partial charge on any atom is 0.253 e. The van der Waals surface area contributed by atoms with Crippen molar-refractivity contribution < 1.29 is 14.3 Å². The number of methoxy groups -OCH3 is 1. The second-order valence-corrected chi connectivity index (χ2v) is 9.01. The number of amides is 2. The van der Waals surface area contributed by atoms with E-state index in [2.05, 4.69) is 16.4 Å². The van der Waals surface area contributed by atoms with Crippen LogP contribution in [-0.4, -0.2) is 37.5 Å². The molecule has 1 fully saturated rings. The summed E-state index contributed by atoms with van der Waals surface area (Å²) in [5, 5.41) is 4.26. The Kier molecular flexibility index (Phi) is 6.27. The molecular formula is C29H29N3O3. The van der Waals surface area contributed by atoms with Crippen molar-refractivity contribution in [2.24, 2.45) is 5.92 Å². The minimum atomic E-state index is -0.200. The predicted octanol–water partition coefficient (Wildman–Crippen LogP) is 5.11. The molecule has 0 aliphatic heterocycles. The first kappa shape index (κ1) is 22.7. The van der Waals surface area contributed by atoms with Gasteiger partial charge in [0.2, 0.25) is 5.91 Å². The lowest BCUT2D eigenvalue weighted by Crippen LogP contribution is -2.33. The monoisotopic (exact) mass is 467 g/mol. The van der Waals surface area contributed by atoms with E-state index in [0.717, 1.165) is 40.6 Å². The number of aromatic nitrogens is 1. The predicted molar refractivity (Wildman–Crippen MR) is 138 cm³/mol. The number of nitrogens with zero attached hydrogens (tertiary/aromatic N) is 1. The second kappa shape index (κ2) is 9.66. The van der Waals surface area contributed by atoms with Crippen LogP contribution in [0.1, 0.15) is 40.2 Å². The van der Waals surface area contributed by atoms with Crippen molar-refractivity contribution in [3.8, 4) is 5.75 Å². The highest BCUT2D eigenvalue weighted by molar-refractivity contribution is 6.05. The van der Waals surface area contributed by atoms with E-state index >= 15 is 0 Å². The Morgan fingerprint density at radius 3 is 2.49 bits per heavy atom. The van der Waals surface area contributed by atoms with Crippen LogP contribution in [0.5, 0.6) is 5.75 Å². The molecule has 35 heavy (non-hydrogen) atoms. The Hall–Kier alpha value is -4.06. The quantitative estimate of drug-likeness (QED) is 0.378. The van der Waals surface area contributed by atoms with Gasteiger partial charge in [-0.1, -0.05) is 42.5 Å². The van der Waals surface area contributed by atoms with E-state index in [1.165, 1.54) is 0 Å². The van der Waals surface area contributed by atoms with E-state index < -0.39 is 0 Å². The van der Waals surface area contributed by atoms with Crippen LogP contribution in [0.3, 0.4) is 0 Å². The van der Waals surface area contributed by atoms with Gasteiger partial charge in [0.1, 0.15) is 5.75 Å². The Bertz CT molecular complexity index is 1360. The molecular weight excluding hydrogens is 438 g/mol. The lowest BCUT2D eigenvalue weighted by molar-refractivity contribution is -0.119. The van der Waals surface area contributed by atoms with Crippen LogP contribution in [0.25, 0.3) is 10.9 Å². The Morgan fingerprint density at radius 1 is 1.03 bits per heavy atom. The summed E-state index contributed by atoms with van der Waals surface area (Å²) in [7, 11) is 3.40. The van der Waals surface area contributed by atoms with Crippen molar-refractivity contribution in [1.82, 2.24) is 10.3 Å². The zero-order chi connectivity index (χ0) is 24.4. The number of ether oxygens (including phenoxy) is 1. The standard InChI is InChI=1S/C29H29N3O3/c1-32(29(34)20-11-12-20)27-10-6-4-8-23(27)28(33)31-17-24(19-13-15-21(35-2)16-14-19)25-18-30-26-9-5-3-7-22(25)26/h3-10,13-16,18,20,24,30H,11-12,17H2,1-2H3,(H,31,33). The third-order valence-electron chi connectivity index (χ3n) is 6.75. The highest BCUT2D eigenvalue weighted by atomic mass is 16.5. The van der Waals surface area contributed by atoms with Gasteiger partial charge >= 0.3 is 0 Å². The van der Waals surface area contributed by atoms with Gasteiger partial charge in [0, 0.05) is 42.5 Å². The number of hydrogen-bond acceptors (Lipinski definition) is 3. The molecule has 0 radical (unpaired) electrons. The summed E-state index contributed by atoms with van der Waals surface area (Å²) in [6.45, 7) is 0.404. The molecule has 1 atom stereocenters. The van der Waals surface area contributed by atoms with Crippen molar-refractivity contribution >= 4 is 28.4 Å². The normalized spacial score (nSPS) is 13.9. The summed E-state index contributed by atoms with van der Waals surface area (Å²) in [4.78, 5) is 31.0. The molecule has 1 saturated carbocycles. The number of fused-ring (bicyclic) bond motifs is 1. The lowest BCUT2D eigenvalue weighted by Gasteiger charge is -2.22. The molecule has 178 valence electrons. The largest absolute Gasteiger partial charge is 0.497 e. The number of H-pyrrole nitrogens is 1. The van der Waals surface area contributed by atoms with Gasteiger partial charge in [0.25, 0.3) is 5.91 Å². The molecule has 1 aromatic heterocycles. The smallest absolute Gasteiger partial charge is 0.253 e. The SMILES string of the molecule is COc1ccc(C(CNC(=O)c2ccccc2N(C)C(=O)C2CC2)c2c[nH]c3ccccc23)cc1. The molecule has 6 heteroatoms. The first-order chi connectivity index (χ1) is 17.1. The maximum absolute atomic E-state index is 13.4. The van der Waals surface area contributed by atoms with Crippen LogP contribution in [-0.2, 0) is 4.79 Å². The molecule has 2 N–H and O–H groups in total. The highest BCUT2D eigenvalue weighted by Gasteiger charge is 2.33. The number of benzene rings is 3. The van der Waals surface area contributed by atoms with Gasteiger partial charge in [-0.15, -0.1) is 0 Å². The van der Waals surface area contributed by atoms with Gasteiger partial charge in [0.15, 0.2) is 0 Å². The van der Waals surface area contributed by atoms with Crippen molar-refractivity contribution in [3.05, 3.63) is 95.7 Å². The molecule has 2 amide bonds. The molecule has 3 aromatic carbocycles. The summed E-state index contributed by atoms with van der Waals surface area (Å²) in [5.74, 6) is 0.666. The third kappa shape index (κ3) is 4.64. The molecule has 1 aliphatic carbocycles. The van der Waals surface area contributed by atoms with Gasteiger partial charge in [-0.3, -0.25) is 9.59 Å². The van der Waals surface area contributed by atoms with Crippen molar-refractivity contribution in [3.63, 3.8) is 0 Å². The number of carbonyl (C=O) groups excluding carboxylic acids is 2. The topological polar surface area (TPSA) is 74.4 Å². The third-order valence-corrected chi connectivity index (χ3v) is 6.75. The number of rotatable bonds is 8. The molecule has 1 heterocycles. The fourth-order valence-corrected chi connectivity index (χ4v) is 4.60. The summed E-state index contributed by atoms with van der Waals surface area (Å²) < 4.78 is 5.33. The summed E-state index contributed by atoms with van der Waals surface area (Å²) >= 11 is 0. The number of nitrogens with one attached hydrogen (secondary N) is 2. The van der Waals surface area contributed by atoms with Crippen LogP contribution < -0.4 is 15.0 Å². The average Bonchev–Trinajstić information content (AvgIpc) is 3.68. The second-order valence-electron chi connectivity index (χ2n) is 9.01. The van der Waals surface area contributed by atoms with Gasteiger partial charge < -0.3 is 19.9 Å². The van der Waals surface area contributed by atoms with Crippen molar-refractivity contribution in [2.45, 2.75) is 18.8 Å². The van der Waals surface area contributed by atoms with Gasteiger partial charge in [0.05, 0.1) is 18.4 Å². The maximum atomic E-state index is 13.4. The summed E-state index contributed by atoms with van der Waals surface area (Å²) in [6.07, 6.45) is 3.86. The number of para-hydroxylation sites is 2. The Balaban J connectivity index is 1.43. The average molecular weight is 468 g/mol. The van der Waals surface area contributed by atoms with Gasteiger partial charge in [-0.2, -0.15) is 0 Å². The number of anilines is 1. The van der Waals surface area contributed by atoms with E-state index in [0.29, 0.717) is 17.8 Å². The fourth-order valence-electron chi connectivity index (χ4n) is 4.60. The van der Waals surface area contributed by atoms with Crippen LogP contribution in [0.4, 0.5) is 5.69 Å². The van der Waals surface area contributed by atoms with Crippen LogP contribution in [0, 0.1) is 5.92 Å². The zero-order valence-corrected chi connectivity index (χ0v) is 20.0. The zero-order valence-electron chi connectivity index (χ0n) is 20.0. The molecule has 0 spiro atoms. The first-order valence-corrected chi connectivity index (χ1v) is 11.9. The number of carbonyl (C=O) groups is 2. The Morgan fingerprint density at radius 2 is 1.74 bits per heavy atom. The molecule has 4 aromatic rings. The molecule has 0 bridgehead atoms. The molecule has 6 nitrogen and oxygen atoms in total. The highest BCUT2D eigenvalue weighted by Crippen LogP contribution is 2.34. The molecule has 1 unspecified atom stereocenters. The summed E-state index contributed by atoms with van der Waals surface area (Å²) in [6, 6.07) is 23.4. The molecule has 0 saturated heterocycles. The van der Waals surface area contributed by atoms with Crippen LogP contribution in [0.2, 0.25) is 0 Å². The van der Waals surface area contributed by atoms with Gasteiger partial charge in [-0.05, 0) is 54.3 Å². The van der Waals surface area contributed by atoms with E-state index in [1.807, 2.05) is 66.9 Å². The van der Waals surface area contributed by atoms with Gasteiger partial charge in [-0.25, -0.2) is 0 Å². The lowest BCUT2D eigenvalue weighted by atomic mass is 9.90. The molecule has 1 aliphatic rings. The van der Waals surface area contributed by atoms with E-state index in [4.69, 9.17) is 4.74 Å². The Labute approximate surface area is 204 Å². The van der Waals surface area contributed by atoms with Crippen molar-refractivity contribution in [1.29, 1.82) is 0 Å². The molecule has 5 rings (SSSR count). The van der Waals surface area contributed by atoms with E-state index in [9.17, 15) is 9.59 Å². The van der Waals surface area contributed by atoms with Crippen LogP contribution in [0.15, 0.2) is 79.0 Å². The first-order valence-electron chi connectivity index (χ1n) is 11.9. The van der Waals surface area contributed by atoms with E-state index in [-0.39, 0.29) is 23.7 Å². The number of aromatic amines is 1. The van der Waals surface area contributed by atoms with Crippen molar-refractivity contribution in [2.75, 3.05) is 25.6 Å². The number of hydrogen-bond donors (Lipinski definition) is 2.